The van der Waals surface area contributed by atoms with Crippen molar-refractivity contribution >= 4 is 0 Å². The maximum Gasteiger partial charge on any atom is 0.182 e. The molecule has 28 heavy (non-hydrogen) atoms. The lowest BCUT2D eigenvalue weighted by atomic mass is 9.89. The maximum atomic E-state index is 4.59. The van der Waals surface area contributed by atoms with E-state index in [4.69, 9.17) is 0 Å². The third kappa shape index (κ3) is 4.32. The van der Waals surface area contributed by atoms with E-state index in [1.165, 1.54) is 48.8 Å². The van der Waals surface area contributed by atoms with Crippen molar-refractivity contribution in [2.45, 2.75) is 65.3 Å². The van der Waals surface area contributed by atoms with Crippen LogP contribution >= 0.6 is 0 Å². The normalized spacial score (nSPS) is 15.1. The van der Waals surface area contributed by atoms with Crippen LogP contribution in [-0.4, -0.2) is 19.7 Å². The number of benzene rings is 1. The Labute approximate surface area is 168 Å². The largest absolute Gasteiger partial charge is 0.309 e. The average Bonchev–Trinajstić information content (AvgIpc) is 3.13. The van der Waals surface area contributed by atoms with Crippen LogP contribution in [0.15, 0.2) is 42.6 Å². The van der Waals surface area contributed by atoms with Crippen LogP contribution in [0.25, 0.3) is 11.5 Å². The predicted molar refractivity (Wildman–Crippen MR) is 113 cm³/mol. The number of aryl methyl sites for hydroxylation is 4. The van der Waals surface area contributed by atoms with E-state index in [-0.39, 0.29) is 0 Å². The van der Waals surface area contributed by atoms with Crippen LogP contribution in [0, 0.1) is 19.8 Å². The Morgan fingerprint density at radius 2 is 1.79 bits per heavy atom. The summed E-state index contributed by atoms with van der Waals surface area (Å²) >= 11 is 0. The first-order chi connectivity index (χ1) is 13.7. The summed E-state index contributed by atoms with van der Waals surface area (Å²) in [5.41, 5.74) is 5.00. The van der Waals surface area contributed by atoms with E-state index < -0.39 is 0 Å². The molecule has 0 radical (unpaired) electrons. The summed E-state index contributed by atoms with van der Waals surface area (Å²) in [5.74, 6) is 2.73. The Morgan fingerprint density at radius 1 is 0.929 bits per heavy atom. The van der Waals surface area contributed by atoms with Gasteiger partial charge in [-0.05, 0) is 67.9 Å². The van der Waals surface area contributed by atoms with Gasteiger partial charge in [0.25, 0.3) is 0 Å². The van der Waals surface area contributed by atoms with Crippen molar-refractivity contribution in [2.24, 2.45) is 5.92 Å². The fourth-order valence-electron chi connectivity index (χ4n) is 4.24. The highest BCUT2D eigenvalue weighted by atomic mass is 15.3. The summed E-state index contributed by atoms with van der Waals surface area (Å²) in [7, 11) is 0. The third-order valence-electron chi connectivity index (χ3n) is 6.10. The number of aromatic nitrogens is 4. The van der Waals surface area contributed by atoms with E-state index in [1.807, 2.05) is 24.4 Å². The fraction of sp³-hybridized carbons (Fsp3) is 0.458. The molecule has 1 saturated carbocycles. The van der Waals surface area contributed by atoms with Crippen LogP contribution < -0.4 is 0 Å². The van der Waals surface area contributed by atoms with Crippen LogP contribution in [0.4, 0.5) is 0 Å². The van der Waals surface area contributed by atoms with E-state index in [2.05, 4.69) is 51.8 Å². The van der Waals surface area contributed by atoms with Crippen LogP contribution in [0.1, 0.15) is 54.6 Å². The molecule has 1 aliphatic carbocycles. The van der Waals surface area contributed by atoms with Gasteiger partial charge in [0.05, 0.1) is 0 Å². The van der Waals surface area contributed by atoms with Crippen LogP contribution in [0.2, 0.25) is 0 Å². The molecule has 0 saturated heterocycles. The molecule has 0 spiro atoms. The molecule has 146 valence electrons. The minimum Gasteiger partial charge on any atom is -0.309 e. The Morgan fingerprint density at radius 3 is 2.54 bits per heavy atom. The highest BCUT2D eigenvalue weighted by Crippen LogP contribution is 2.27. The highest BCUT2D eigenvalue weighted by molar-refractivity contribution is 5.49. The summed E-state index contributed by atoms with van der Waals surface area (Å²) < 4.78 is 2.35. The van der Waals surface area contributed by atoms with Gasteiger partial charge in [0.1, 0.15) is 11.5 Å². The third-order valence-corrected chi connectivity index (χ3v) is 6.10. The van der Waals surface area contributed by atoms with E-state index in [1.54, 1.807) is 0 Å². The zero-order valence-corrected chi connectivity index (χ0v) is 17.1. The van der Waals surface area contributed by atoms with E-state index in [0.717, 1.165) is 42.6 Å². The van der Waals surface area contributed by atoms with Gasteiger partial charge in [0, 0.05) is 19.2 Å². The van der Waals surface area contributed by atoms with Crippen LogP contribution in [0.3, 0.4) is 0 Å². The molecule has 0 N–H and O–H groups in total. The molecule has 4 rings (SSSR count). The predicted octanol–water partition coefficient (Wildman–Crippen LogP) is 5.32. The Kier molecular flexibility index (Phi) is 5.84. The van der Waals surface area contributed by atoms with Gasteiger partial charge in [0.2, 0.25) is 0 Å². The van der Waals surface area contributed by atoms with Gasteiger partial charge in [-0.1, -0.05) is 43.5 Å². The molecular formula is C24H30N4. The maximum absolute atomic E-state index is 4.59. The first kappa shape index (κ1) is 18.9. The molecule has 1 aromatic carbocycles. The van der Waals surface area contributed by atoms with Crippen LogP contribution in [0.5, 0.6) is 0 Å². The van der Waals surface area contributed by atoms with Crippen molar-refractivity contribution in [1.29, 1.82) is 0 Å². The zero-order chi connectivity index (χ0) is 19.3. The SMILES string of the molecule is Cc1ccc(CCc2nnc(-c3ccccn3)n2CC2CCCCC2)cc1C. The number of pyridine rings is 1. The van der Waals surface area contributed by atoms with Crippen molar-refractivity contribution in [3.63, 3.8) is 0 Å². The summed E-state index contributed by atoms with van der Waals surface area (Å²) in [4.78, 5) is 4.53. The van der Waals surface area contributed by atoms with Gasteiger partial charge in [-0.25, -0.2) is 0 Å². The van der Waals surface area contributed by atoms with Crippen LogP contribution in [-0.2, 0) is 19.4 Å². The molecule has 1 aliphatic rings. The Bertz CT molecular complexity index is 908. The number of nitrogens with zero attached hydrogens (tertiary/aromatic N) is 4. The molecule has 2 aromatic heterocycles. The van der Waals surface area contributed by atoms with Crippen molar-refractivity contribution in [3.05, 3.63) is 65.1 Å². The van der Waals surface area contributed by atoms with E-state index >= 15 is 0 Å². The number of hydrogen-bond donors (Lipinski definition) is 0. The molecule has 0 bridgehead atoms. The molecule has 0 atom stereocenters. The molecule has 4 nitrogen and oxygen atoms in total. The molecule has 0 amide bonds. The van der Waals surface area contributed by atoms with E-state index in [0.29, 0.717) is 0 Å². The van der Waals surface area contributed by atoms with Crippen molar-refractivity contribution in [2.75, 3.05) is 0 Å². The molecule has 4 heteroatoms. The van der Waals surface area contributed by atoms with Gasteiger partial charge in [-0.15, -0.1) is 10.2 Å². The molecule has 1 fully saturated rings. The van der Waals surface area contributed by atoms with Crippen molar-refractivity contribution in [3.8, 4) is 11.5 Å². The topological polar surface area (TPSA) is 43.6 Å². The summed E-state index contributed by atoms with van der Waals surface area (Å²) in [6, 6.07) is 12.8. The van der Waals surface area contributed by atoms with Gasteiger partial charge >= 0.3 is 0 Å². The quantitative estimate of drug-likeness (QED) is 0.586. The number of hydrogen-bond acceptors (Lipinski definition) is 3. The Balaban J connectivity index is 1.58. The molecule has 0 aliphatic heterocycles. The minimum absolute atomic E-state index is 0.729. The standard InChI is InChI=1S/C24H30N4/c1-18-11-12-20(16-19(18)2)13-14-23-26-27-24(22-10-6-7-15-25-22)28(23)17-21-8-4-3-5-9-21/h6-7,10-12,15-16,21H,3-5,8-9,13-14,17H2,1-2H3. The van der Waals surface area contributed by atoms with Gasteiger partial charge < -0.3 is 4.57 Å². The van der Waals surface area contributed by atoms with Gasteiger partial charge in [-0.3, -0.25) is 4.98 Å². The van der Waals surface area contributed by atoms with Gasteiger partial charge in [0.15, 0.2) is 5.82 Å². The highest BCUT2D eigenvalue weighted by Gasteiger charge is 2.20. The lowest BCUT2D eigenvalue weighted by molar-refractivity contribution is 0.317. The van der Waals surface area contributed by atoms with Crippen molar-refractivity contribution < 1.29 is 0 Å². The molecule has 3 aromatic rings. The molecular weight excluding hydrogens is 344 g/mol. The minimum atomic E-state index is 0.729. The Hall–Kier alpha value is -2.49. The lowest BCUT2D eigenvalue weighted by Crippen LogP contribution is -2.17. The smallest absolute Gasteiger partial charge is 0.182 e. The average molecular weight is 375 g/mol. The number of rotatable bonds is 6. The first-order valence-electron chi connectivity index (χ1n) is 10.6. The lowest BCUT2D eigenvalue weighted by Gasteiger charge is -2.23. The second-order valence-electron chi connectivity index (χ2n) is 8.19. The zero-order valence-electron chi connectivity index (χ0n) is 17.1. The summed E-state index contributed by atoms with van der Waals surface area (Å²) in [6.07, 6.45) is 10.5. The van der Waals surface area contributed by atoms with Gasteiger partial charge in [-0.2, -0.15) is 0 Å². The van der Waals surface area contributed by atoms with E-state index in [9.17, 15) is 0 Å². The second kappa shape index (κ2) is 8.68. The fourth-order valence-corrected chi connectivity index (χ4v) is 4.24. The van der Waals surface area contributed by atoms with Crippen molar-refractivity contribution in [1.82, 2.24) is 19.7 Å². The first-order valence-corrected chi connectivity index (χ1v) is 10.6. The summed E-state index contributed by atoms with van der Waals surface area (Å²) in [5, 5.41) is 9.13. The molecule has 2 heterocycles. The molecule has 0 unspecified atom stereocenters. The summed E-state index contributed by atoms with van der Waals surface area (Å²) in [6.45, 7) is 5.36. The monoisotopic (exact) mass is 374 g/mol. The second-order valence-corrected chi connectivity index (χ2v) is 8.19.